The Balaban J connectivity index is 0.828. The summed E-state index contributed by atoms with van der Waals surface area (Å²) >= 11 is 0. The number of carbonyl (C=O) groups is 6. The molecule has 4 aliphatic rings. The van der Waals surface area contributed by atoms with Gasteiger partial charge in [-0.25, -0.2) is 9.59 Å². The fourth-order valence-electron chi connectivity index (χ4n) is 9.33. The van der Waals surface area contributed by atoms with E-state index < -0.39 is 65.3 Å². The number of amides is 7. The van der Waals surface area contributed by atoms with Crippen LogP contribution in [0.5, 0.6) is 0 Å². The van der Waals surface area contributed by atoms with Crippen molar-refractivity contribution in [3.8, 4) is 12.1 Å². The molecule has 0 saturated carbocycles. The Morgan fingerprint density at radius 2 is 1.03 bits per heavy atom. The van der Waals surface area contributed by atoms with E-state index in [1.807, 2.05) is 12.1 Å². The van der Waals surface area contributed by atoms with Gasteiger partial charge in [-0.2, -0.15) is 36.9 Å². The maximum atomic E-state index is 14.1. The number of nitriles is 2. The van der Waals surface area contributed by atoms with Crippen molar-refractivity contribution in [3.05, 3.63) is 188 Å². The Bertz CT molecular complexity index is 3070. The topological polar surface area (TPSA) is 199 Å². The van der Waals surface area contributed by atoms with Gasteiger partial charge < -0.3 is 25.8 Å². The summed E-state index contributed by atoms with van der Waals surface area (Å²) in [6, 6.07) is 26.8. The molecular weight excluding hydrogens is 973 g/mol. The van der Waals surface area contributed by atoms with Gasteiger partial charge >= 0.3 is 24.4 Å². The standard InChI is InChI=1S/C53H39F6N9O6/c54-52(55,56)36-4-1-6-38(24-36)67-40-28-65(48(71)43(40)45(63-50(67)73)33-13-9-30(26-60)10-14-33)22-3-8-42(69)32-17-19-35(20-18-32)47(70)62-21-23-66-29-41-44(49(66)72)46(34-15-11-31(27-61)12-16-34)64-51(74)68(41)39-7-2-5-37(25-39)53(57,58)59/h1-2,4-7,9-20,24-25,45-46H,3,8,21-23,28-29H2,(H,62,70)(H,63,73)(H,64,74)/t45-,46-/m1/s1. The lowest BCUT2D eigenvalue weighted by Gasteiger charge is -2.34. The zero-order valence-corrected chi connectivity index (χ0v) is 38.6. The van der Waals surface area contributed by atoms with Crippen LogP contribution >= 0.6 is 0 Å². The molecule has 21 heteroatoms. The maximum Gasteiger partial charge on any atom is 0.416 e. The molecule has 15 nitrogen and oxygen atoms in total. The van der Waals surface area contributed by atoms with Gasteiger partial charge in [0, 0.05) is 37.2 Å². The highest BCUT2D eigenvalue weighted by atomic mass is 19.4. The predicted octanol–water partition coefficient (Wildman–Crippen LogP) is 8.30. The van der Waals surface area contributed by atoms with E-state index in [0.717, 1.165) is 46.2 Å². The predicted molar refractivity (Wildman–Crippen MR) is 252 cm³/mol. The van der Waals surface area contributed by atoms with E-state index >= 15 is 0 Å². The lowest BCUT2D eigenvalue weighted by Crippen LogP contribution is -2.47. The van der Waals surface area contributed by atoms with Crippen molar-refractivity contribution in [1.82, 2.24) is 25.8 Å². The number of ketones is 1. The fraction of sp³-hybridized carbons (Fsp3) is 0.208. The first-order valence-corrected chi connectivity index (χ1v) is 22.9. The van der Waals surface area contributed by atoms with Gasteiger partial charge in [0.15, 0.2) is 5.78 Å². The van der Waals surface area contributed by atoms with Crippen LogP contribution in [-0.2, 0) is 21.9 Å². The van der Waals surface area contributed by atoms with Crippen LogP contribution in [-0.4, -0.2) is 78.1 Å². The molecule has 4 aliphatic heterocycles. The molecule has 74 heavy (non-hydrogen) atoms. The maximum absolute atomic E-state index is 14.1. The third-order valence-corrected chi connectivity index (χ3v) is 13.0. The van der Waals surface area contributed by atoms with E-state index in [0.29, 0.717) is 22.3 Å². The number of anilines is 2. The van der Waals surface area contributed by atoms with Crippen LogP contribution in [0.15, 0.2) is 144 Å². The number of Topliss-reactive ketones (excluding diaryl/α,β-unsaturated/α-hetero) is 1. The monoisotopic (exact) mass is 1010 g/mol. The Hall–Kier alpha value is -9.24. The van der Waals surface area contributed by atoms with Crippen molar-refractivity contribution in [2.45, 2.75) is 37.3 Å². The van der Waals surface area contributed by atoms with Crippen LogP contribution in [0.25, 0.3) is 0 Å². The molecule has 0 unspecified atom stereocenters. The minimum atomic E-state index is -4.72. The van der Waals surface area contributed by atoms with Gasteiger partial charge in [-0.15, -0.1) is 0 Å². The van der Waals surface area contributed by atoms with Gasteiger partial charge in [0.05, 0.1) is 93.5 Å². The summed E-state index contributed by atoms with van der Waals surface area (Å²) in [5.41, 5.74) is 0.292. The fourth-order valence-corrected chi connectivity index (χ4v) is 9.33. The Kier molecular flexibility index (Phi) is 13.3. The summed E-state index contributed by atoms with van der Waals surface area (Å²) in [7, 11) is 0. The Morgan fingerprint density at radius 3 is 1.46 bits per heavy atom. The van der Waals surface area contributed by atoms with Crippen molar-refractivity contribution in [1.29, 1.82) is 10.5 Å². The molecule has 9 rings (SSSR count). The molecule has 5 aromatic carbocycles. The highest BCUT2D eigenvalue weighted by Gasteiger charge is 2.47. The molecule has 0 fully saturated rings. The van der Waals surface area contributed by atoms with E-state index in [1.165, 1.54) is 70.5 Å². The molecule has 0 saturated heterocycles. The summed E-state index contributed by atoms with van der Waals surface area (Å²) in [5.74, 6) is -1.92. The van der Waals surface area contributed by atoms with Crippen LogP contribution in [0, 0.1) is 22.7 Å². The van der Waals surface area contributed by atoms with E-state index in [4.69, 9.17) is 0 Å². The molecule has 7 amide bonds. The lowest BCUT2D eigenvalue weighted by molar-refractivity contribution is -0.138. The van der Waals surface area contributed by atoms with Crippen LogP contribution in [0.1, 0.15) is 79.0 Å². The third kappa shape index (κ3) is 9.74. The number of benzene rings is 5. The zero-order chi connectivity index (χ0) is 52.6. The van der Waals surface area contributed by atoms with E-state index in [1.54, 1.807) is 24.3 Å². The van der Waals surface area contributed by atoms with Gasteiger partial charge in [0.1, 0.15) is 0 Å². The number of halogens is 6. The third-order valence-electron chi connectivity index (χ3n) is 13.0. The smallest absolute Gasteiger partial charge is 0.350 e. The SMILES string of the molecule is N#Cc1ccc([C@H]2NC(=O)N(c3cccc(C(F)(F)F)c3)C3=C2C(=O)N(CCCC(=O)c2ccc(C(=O)NCCN4CC5=C(C4=O)[C@@H](c4ccc(C#N)cc4)NC(=O)N5c4cccc(C(F)(F)F)c4)cc2)C3)cc1. The molecule has 0 bridgehead atoms. The molecule has 0 aromatic heterocycles. The summed E-state index contributed by atoms with van der Waals surface area (Å²) in [6.07, 6.45) is -9.32. The number of carbonyl (C=O) groups excluding carboxylic acids is 6. The van der Waals surface area contributed by atoms with Crippen LogP contribution in [0.4, 0.5) is 47.3 Å². The highest BCUT2D eigenvalue weighted by molar-refractivity contribution is 6.09. The number of nitrogens with zero attached hydrogens (tertiary/aromatic N) is 6. The minimum Gasteiger partial charge on any atom is -0.350 e. The first-order chi connectivity index (χ1) is 35.3. The lowest BCUT2D eigenvalue weighted by atomic mass is 9.94. The van der Waals surface area contributed by atoms with Crippen molar-refractivity contribution in [3.63, 3.8) is 0 Å². The van der Waals surface area contributed by atoms with Crippen molar-refractivity contribution in [2.75, 3.05) is 42.5 Å². The summed E-state index contributed by atoms with van der Waals surface area (Å²) in [4.78, 5) is 86.9. The summed E-state index contributed by atoms with van der Waals surface area (Å²) in [5, 5.41) is 26.8. The van der Waals surface area contributed by atoms with Gasteiger partial charge in [-0.1, -0.05) is 48.5 Å². The molecule has 0 radical (unpaired) electrons. The molecule has 0 spiro atoms. The Labute approximate surface area is 417 Å². The second-order valence-corrected chi connectivity index (χ2v) is 17.5. The number of hydrogen-bond donors (Lipinski definition) is 3. The van der Waals surface area contributed by atoms with Crippen molar-refractivity contribution in [2.24, 2.45) is 0 Å². The molecule has 3 N–H and O–H groups in total. The second-order valence-electron chi connectivity index (χ2n) is 17.5. The van der Waals surface area contributed by atoms with Crippen LogP contribution in [0.3, 0.4) is 0 Å². The van der Waals surface area contributed by atoms with Gasteiger partial charge in [0.2, 0.25) is 0 Å². The number of hydrogen-bond acceptors (Lipinski definition) is 8. The molecule has 2 atom stereocenters. The average molecular weight is 1010 g/mol. The number of alkyl halides is 6. The van der Waals surface area contributed by atoms with E-state index in [-0.39, 0.29) is 96.4 Å². The average Bonchev–Trinajstić information content (AvgIpc) is 3.89. The van der Waals surface area contributed by atoms with Gasteiger partial charge in [0.25, 0.3) is 17.7 Å². The van der Waals surface area contributed by atoms with Crippen LogP contribution < -0.4 is 25.8 Å². The zero-order valence-electron chi connectivity index (χ0n) is 38.6. The summed E-state index contributed by atoms with van der Waals surface area (Å²) < 4.78 is 82.4. The number of nitrogens with one attached hydrogen (secondary N) is 3. The molecule has 374 valence electrons. The Morgan fingerprint density at radius 1 is 0.595 bits per heavy atom. The highest BCUT2D eigenvalue weighted by Crippen LogP contribution is 2.42. The van der Waals surface area contributed by atoms with Gasteiger partial charge in [-0.3, -0.25) is 29.0 Å². The van der Waals surface area contributed by atoms with Gasteiger partial charge in [-0.05, 0) is 90.3 Å². The normalized spacial score (nSPS) is 17.7. The molecular formula is C53H39F6N9O6. The molecule has 5 aromatic rings. The molecule has 4 heterocycles. The summed E-state index contributed by atoms with van der Waals surface area (Å²) in [6.45, 7) is -0.448. The quantitative estimate of drug-likeness (QED) is 0.0773. The minimum absolute atomic E-state index is 0.0347. The van der Waals surface area contributed by atoms with Crippen molar-refractivity contribution < 1.29 is 55.1 Å². The first kappa shape index (κ1) is 49.7. The largest absolute Gasteiger partial charge is 0.416 e. The first-order valence-electron chi connectivity index (χ1n) is 22.9. The number of urea groups is 2. The van der Waals surface area contributed by atoms with E-state index in [2.05, 4.69) is 16.0 Å². The second kappa shape index (κ2) is 19.8. The molecule has 0 aliphatic carbocycles. The number of rotatable bonds is 13. The van der Waals surface area contributed by atoms with Crippen molar-refractivity contribution >= 4 is 46.9 Å². The van der Waals surface area contributed by atoms with Crippen LogP contribution in [0.2, 0.25) is 0 Å². The van der Waals surface area contributed by atoms with E-state index in [9.17, 15) is 65.6 Å².